The minimum absolute atomic E-state index is 0.0447. The molecule has 3 aromatic carbocycles. The topological polar surface area (TPSA) is 154 Å². The van der Waals surface area contributed by atoms with Crippen molar-refractivity contribution in [1.29, 1.82) is 0 Å². The minimum atomic E-state index is -0.879. The minimum Gasteiger partial charge on any atom is -0.464 e. The Morgan fingerprint density at radius 1 is 0.907 bits per heavy atom. The van der Waals surface area contributed by atoms with E-state index in [0.29, 0.717) is 23.5 Å². The molecule has 1 heterocycles. The Morgan fingerprint density at radius 3 is 2.21 bits per heavy atom. The number of fused-ring (bicyclic) bond motifs is 1. The van der Waals surface area contributed by atoms with Crippen LogP contribution in [0.3, 0.4) is 0 Å². The van der Waals surface area contributed by atoms with Gasteiger partial charge in [-0.2, -0.15) is 0 Å². The van der Waals surface area contributed by atoms with Gasteiger partial charge < -0.3 is 24.4 Å². The summed E-state index contributed by atoms with van der Waals surface area (Å²) >= 11 is 0. The number of nitrogens with zero attached hydrogens (tertiary/aromatic N) is 2. The van der Waals surface area contributed by atoms with Crippen molar-refractivity contribution in [3.63, 3.8) is 0 Å². The van der Waals surface area contributed by atoms with Crippen LogP contribution in [0.25, 0.3) is 0 Å². The molecule has 2 fully saturated rings. The lowest BCUT2D eigenvalue weighted by atomic mass is 10.0. The number of carbonyl (C=O) groups excluding carboxylic acids is 4. The van der Waals surface area contributed by atoms with E-state index in [9.17, 15) is 29.3 Å². The molecule has 222 valence electrons. The van der Waals surface area contributed by atoms with Gasteiger partial charge in [-0.3, -0.25) is 19.7 Å². The Labute approximate surface area is 246 Å². The summed E-state index contributed by atoms with van der Waals surface area (Å²) < 4.78 is 16.4. The number of nitro groups is 1. The molecule has 2 aliphatic rings. The Kier molecular flexibility index (Phi) is 8.37. The summed E-state index contributed by atoms with van der Waals surface area (Å²) in [5, 5.41) is 13.5. The monoisotopic (exact) mass is 587 g/mol. The average molecular weight is 588 g/mol. The highest BCUT2D eigenvalue weighted by Crippen LogP contribution is 2.59. The van der Waals surface area contributed by atoms with Crippen LogP contribution in [0.5, 0.6) is 11.5 Å². The number of carbonyl (C=O) groups is 4. The highest BCUT2D eigenvalue weighted by molar-refractivity contribution is 5.97. The van der Waals surface area contributed by atoms with E-state index < -0.39 is 40.1 Å². The fraction of sp³-hybridized carbons (Fsp3) is 0.290. The quantitative estimate of drug-likeness (QED) is 0.200. The fourth-order valence-electron chi connectivity index (χ4n) is 5.30. The van der Waals surface area contributed by atoms with E-state index in [1.54, 1.807) is 31.2 Å². The summed E-state index contributed by atoms with van der Waals surface area (Å²) in [6.45, 7) is 1.41. The number of esters is 2. The number of amides is 2. The van der Waals surface area contributed by atoms with Crippen LogP contribution in [-0.4, -0.2) is 65.4 Å². The van der Waals surface area contributed by atoms with Gasteiger partial charge in [-0.05, 0) is 68.3 Å². The molecule has 3 atom stereocenters. The molecule has 2 amide bonds. The molecule has 1 saturated heterocycles. The van der Waals surface area contributed by atoms with Crippen molar-refractivity contribution < 1.29 is 38.3 Å². The van der Waals surface area contributed by atoms with Crippen LogP contribution in [0.15, 0.2) is 78.9 Å². The molecule has 1 aliphatic carbocycles. The lowest BCUT2D eigenvalue weighted by Gasteiger charge is -2.26. The number of rotatable bonds is 11. The van der Waals surface area contributed by atoms with E-state index in [1.807, 2.05) is 30.3 Å². The van der Waals surface area contributed by atoms with Gasteiger partial charge in [0.25, 0.3) is 11.6 Å². The van der Waals surface area contributed by atoms with Crippen molar-refractivity contribution in [2.45, 2.75) is 31.8 Å². The SMILES string of the molecule is CCOC(=O)[C@@H]1C[C@]2(COC(=O)c3ccc([N+](=O)[O-])cc3)C[C@@H]2N1C(=O)CNC(=O)c1ccc(Oc2ccccc2)cc1. The van der Waals surface area contributed by atoms with Crippen molar-refractivity contribution >= 4 is 29.4 Å². The largest absolute Gasteiger partial charge is 0.464 e. The van der Waals surface area contributed by atoms with Crippen molar-refractivity contribution in [1.82, 2.24) is 10.2 Å². The van der Waals surface area contributed by atoms with Gasteiger partial charge in [-0.15, -0.1) is 0 Å². The predicted octanol–water partition coefficient (Wildman–Crippen LogP) is 3.90. The second kappa shape index (κ2) is 12.3. The predicted molar refractivity (Wildman–Crippen MR) is 151 cm³/mol. The molecule has 0 unspecified atom stereocenters. The van der Waals surface area contributed by atoms with Crippen LogP contribution >= 0.6 is 0 Å². The first-order chi connectivity index (χ1) is 20.7. The lowest BCUT2D eigenvalue weighted by Crippen LogP contribution is -2.48. The molecule has 1 N–H and O–H groups in total. The zero-order chi connectivity index (χ0) is 30.6. The maximum absolute atomic E-state index is 13.3. The lowest BCUT2D eigenvalue weighted by molar-refractivity contribution is -0.384. The fourth-order valence-corrected chi connectivity index (χ4v) is 5.30. The standard InChI is InChI=1S/C31H29N3O9/c1-2-41-30(38)25-16-31(19-42-29(37)21-8-12-22(13-9-21)34(39)40)17-26(31)33(25)27(35)18-32-28(36)20-10-14-24(15-11-20)43-23-6-4-3-5-7-23/h3-15,25-26H,2,16-19H2,1H3,(H,32,36)/t25-,26-,31+/m0/s1. The number of ether oxygens (including phenoxy) is 3. The molecule has 43 heavy (non-hydrogen) atoms. The Balaban J connectivity index is 1.19. The van der Waals surface area contributed by atoms with Crippen LogP contribution in [0.2, 0.25) is 0 Å². The maximum atomic E-state index is 13.3. The van der Waals surface area contributed by atoms with Gasteiger partial charge in [-0.25, -0.2) is 9.59 Å². The second-order valence-corrected chi connectivity index (χ2v) is 10.4. The first-order valence-corrected chi connectivity index (χ1v) is 13.7. The van der Waals surface area contributed by atoms with E-state index in [2.05, 4.69) is 5.32 Å². The smallest absolute Gasteiger partial charge is 0.338 e. The summed E-state index contributed by atoms with van der Waals surface area (Å²) in [5.41, 5.74) is -0.298. The zero-order valence-corrected chi connectivity index (χ0v) is 23.3. The van der Waals surface area contributed by atoms with E-state index in [1.165, 1.54) is 29.2 Å². The second-order valence-electron chi connectivity index (χ2n) is 10.4. The molecule has 3 aromatic rings. The molecule has 5 rings (SSSR count). The number of para-hydroxylation sites is 1. The molecule has 1 aliphatic heterocycles. The highest BCUT2D eigenvalue weighted by Gasteiger charge is 2.68. The van der Waals surface area contributed by atoms with Crippen LogP contribution < -0.4 is 10.1 Å². The highest BCUT2D eigenvalue weighted by atomic mass is 16.6. The number of benzene rings is 3. The van der Waals surface area contributed by atoms with E-state index >= 15 is 0 Å². The van der Waals surface area contributed by atoms with Crippen LogP contribution in [0.1, 0.15) is 40.5 Å². The number of hydrogen-bond donors (Lipinski definition) is 1. The number of piperidine rings is 1. The average Bonchev–Trinajstić information content (AvgIpc) is 3.62. The van der Waals surface area contributed by atoms with Gasteiger partial charge in [0.2, 0.25) is 5.91 Å². The van der Waals surface area contributed by atoms with Gasteiger partial charge in [0.15, 0.2) is 0 Å². The third-order valence-electron chi connectivity index (χ3n) is 7.56. The summed E-state index contributed by atoms with van der Waals surface area (Å²) in [6.07, 6.45) is 0.756. The first kappa shape index (κ1) is 29.2. The number of non-ortho nitro benzene ring substituents is 1. The third-order valence-corrected chi connectivity index (χ3v) is 7.56. The number of nitro benzene ring substituents is 1. The molecule has 0 bridgehead atoms. The van der Waals surface area contributed by atoms with Crippen LogP contribution in [0, 0.1) is 15.5 Å². The van der Waals surface area contributed by atoms with Crippen molar-refractivity contribution in [2.24, 2.45) is 5.41 Å². The summed E-state index contributed by atoms with van der Waals surface area (Å²) in [7, 11) is 0. The van der Waals surface area contributed by atoms with Gasteiger partial charge in [0.1, 0.15) is 17.5 Å². The molecule has 0 aromatic heterocycles. The Bertz CT molecular complexity index is 1530. The van der Waals surface area contributed by atoms with Crippen LogP contribution in [0.4, 0.5) is 5.69 Å². The molecule has 0 spiro atoms. The first-order valence-electron chi connectivity index (χ1n) is 13.7. The van der Waals surface area contributed by atoms with Crippen molar-refractivity contribution in [3.05, 3.63) is 100 Å². The third kappa shape index (κ3) is 6.48. The van der Waals surface area contributed by atoms with Crippen LogP contribution in [-0.2, 0) is 19.1 Å². The van der Waals surface area contributed by atoms with E-state index in [4.69, 9.17) is 14.2 Å². The summed E-state index contributed by atoms with van der Waals surface area (Å²) in [5.74, 6) is -0.951. The Hall–Kier alpha value is -5.26. The van der Waals surface area contributed by atoms with E-state index in [-0.39, 0.29) is 43.5 Å². The summed E-state index contributed by atoms with van der Waals surface area (Å²) in [4.78, 5) is 63.1. The van der Waals surface area contributed by atoms with Crippen molar-refractivity contribution in [2.75, 3.05) is 19.8 Å². The molecule has 1 saturated carbocycles. The van der Waals surface area contributed by atoms with Gasteiger partial charge in [0, 0.05) is 29.2 Å². The molecule has 0 radical (unpaired) electrons. The molecular formula is C31H29N3O9. The van der Waals surface area contributed by atoms with Gasteiger partial charge in [-0.1, -0.05) is 18.2 Å². The number of nitrogens with one attached hydrogen (secondary N) is 1. The van der Waals surface area contributed by atoms with Gasteiger partial charge >= 0.3 is 11.9 Å². The van der Waals surface area contributed by atoms with Gasteiger partial charge in [0.05, 0.1) is 30.2 Å². The van der Waals surface area contributed by atoms with E-state index in [0.717, 1.165) is 0 Å². The number of hydrogen-bond acceptors (Lipinski definition) is 9. The summed E-state index contributed by atoms with van der Waals surface area (Å²) in [6, 6.07) is 19.4. The maximum Gasteiger partial charge on any atom is 0.338 e. The molecule has 12 nitrogen and oxygen atoms in total. The zero-order valence-electron chi connectivity index (χ0n) is 23.3. The Morgan fingerprint density at radius 2 is 1.56 bits per heavy atom. The normalized spacial score (nSPS) is 20.0. The molecule has 12 heteroatoms. The number of likely N-dealkylation sites (tertiary alicyclic amines) is 1. The molecular weight excluding hydrogens is 558 g/mol. The van der Waals surface area contributed by atoms with Crippen molar-refractivity contribution in [3.8, 4) is 11.5 Å².